The first kappa shape index (κ1) is 13.8. The lowest BCUT2D eigenvalue weighted by Gasteiger charge is -2.13. The number of benzene rings is 1. The van der Waals surface area contributed by atoms with Gasteiger partial charge in [-0.2, -0.15) is 0 Å². The lowest BCUT2D eigenvalue weighted by molar-refractivity contribution is 0.416. The molecule has 0 saturated carbocycles. The summed E-state index contributed by atoms with van der Waals surface area (Å²) >= 11 is 0. The third-order valence-corrected chi connectivity index (χ3v) is 3.72. The van der Waals surface area contributed by atoms with Crippen LogP contribution >= 0.6 is 0 Å². The second-order valence-electron chi connectivity index (χ2n) is 5.49. The van der Waals surface area contributed by atoms with Gasteiger partial charge in [0.15, 0.2) is 0 Å². The van der Waals surface area contributed by atoms with Crippen LogP contribution in [0.25, 0.3) is 10.9 Å². The maximum atomic E-state index is 5.67. The SMILES string of the molecule is Cc1cc(CNC(C)c2ccc(C)o2)c2ccccc2n1. The number of nitrogens with one attached hydrogen (secondary N) is 1. The van der Waals surface area contributed by atoms with Crippen LogP contribution in [-0.4, -0.2) is 4.98 Å². The van der Waals surface area contributed by atoms with Crippen LogP contribution in [0, 0.1) is 13.8 Å². The van der Waals surface area contributed by atoms with E-state index in [1.54, 1.807) is 0 Å². The fourth-order valence-electron chi connectivity index (χ4n) is 2.59. The van der Waals surface area contributed by atoms with Gasteiger partial charge in [-0.1, -0.05) is 18.2 Å². The molecular formula is C18H20N2O. The Bertz CT molecular complexity index is 761. The van der Waals surface area contributed by atoms with Gasteiger partial charge in [0.2, 0.25) is 0 Å². The quantitative estimate of drug-likeness (QED) is 0.774. The van der Waals surface area contributed by atoms with E-state index in [0.717, 1.165) is 29.3 Å². The van der Waals surface area contributed by atoms with Crippen molar-refractivity contribution in [3.8, 4) is 0 Å². The molecule has 0 aliphatic carbocycles. The van der Waals surface area contributed by atoms with Crippen LogP contribution in [-0.2, 0) is 6.54 Å². The van der Waals surface area contributed by atoms with Crippen molar-refractivity contribution < 1.29 is 4.42 Å². The second-order valence-corrected chi connectivity index (χ2v) is 5.49. The van der Waals surface area contributed by atoms with Crippen LogP contribution in [0.5, 0.6) is 0 Å². The molecule has 3 aromatic rings. The summed E-state index contributed by atoms with van der Waals surface area (Å²) in [7, 11) is 0. The van der Waals surface area contributed by atoms with Crippen molar-refractivity contribution in [3.05, 3.63) is 65.2 Å². The van der Waals surface area contributed by atoms with Crippen molar-refractivity contribution in [1.82, 2.24) is 10.3 Å². The van der Waals surface area contributed by atoms with Gasteiger partial charge >= 0.3 is 0 Å². The average Bonchev–Trinajstić information content (AvgIpc) is 2.91. The van der Waals surface area contributed by atoms with E-state index in [1.807, 2.05) is 32.0 Å². The summed E-state index contributed by atoms with van der Waals surface area (Å²) < 4.78 is 5.67. The van der Waals surface area contributed by atoms with Crippen LogP contribution in [0.4, 0.5) is 0 Å². The fourth-order valence-corrected chi connectivity index (χ4v) is 2.59. The Hall–Kier alpha value is -2.13. The van der Waals surface area contributed by atoms with Gasteiger partial charge < -0.3 is 9.73 Å². The number of aryl methyl sites for hydroxylation is 2. The lowest BCUT2D eigenvalue weighted by atomic mass is 10.1. The predicted octanol–water partition coefficient (Wildman–Crippen LogP) is 4.30. The first-order valence-corrected chi connectivity index (χ1v) is 7.28. The molecule has 3 rings (SSSR count). The van der Waals surface area contributed by atoms with E-state index in [4.69, 9.17) is 4.42 Å². The molecule has 108 valence electrons. The number of nitrogens with zero attached hydrogens (tertiary/aromatic N) is 1. The van der Waals surface area contributed by atoms with Crippen LogP contribution in [0.3, 0.4) is 0 Å². The van der Waals surface area contributed by atoms with Gasteiger partial charge in [-0.3, -0.25) is 4.98 Å². The van der Waals surface area contributed by atoms with E-state index >= 15 is 0 Å². The van der Waals surface area contributed by atoms with Crippen LogP contribution in [0.2, 0.25) is 0 Å². The molecule has 3 nitrogen and oxygen atoms in total. The van der Waals surface area contributed by atoms with E-state index in [2.05, 4.69) is 41.5 Å². The molecule has 1 N–H and O–H groups in total. The number of furan rings is 1. The molecule has 3 heteroatoms. The first-order chi connectivity index (χ1) is 10.1. The van der Waals surface area contributed by atoms with E-state index in [9.17, 15) is 0 Å². The zero-order valence-corrected chi connectivity index (χ0v) is 12.7. The standard InChI is InChI=1S/C18H20N2O/c1-12-10-15(16-6-4-5-7-17(16)20-12)11-19-14(3)18-9-8-13(2)21-18/h4-10,14,19H,11H2,1-3H3. The molecule has 2 aromatic heterocycles. The van der Waals surface area contributed by atoms with Gasteiger partial charge in [0.05, 0.1) is 11.6 Å². The van der Waals surface area contributed by atoms with E-state index in [0.29, 0.717) is 0 Å². The van der Waals surface area contributed by atoms with Gasteiger partial charge in [0.1, 0.15) is 11.5 Å². The molecule has 0 saturated heterocycles. The Morgan fingerprint density at radius 2 is 1.95 bits per heavy atom. The van der Waals surface area contributed by atoms with Crippen LogP contribution in [0.1, 0.15) is 35.7 Å². The number of fused-ring (bicyclic) bond motifs is 1. The van der Waals surface area contributed by atoms with Crippen molar-refractivity contribution in [3.63, 3.8) is 0 Å². The Labute approximate surface area is 125 Å². The molecule has 0 spiro atoms. The van der Waals surface area contributed by atoms with Gasteiger partial charge in [-0.25, -0.2) is 0 Å². The normalized spacial score (nSPS) is 12.7. The molecule has 1 unspecified atom stereocenters. The zero-order chi connectivity index (χ0) is 14.8. The lowest BCUT2D eigenvalue weighted by Crippen LogP contribution is -2.18. The van der Waals surface area contributed by atoms with Crippen LogP contribution in [0.15, 0.2) is 46.9 Å². The van der Waals surface area contributed by atoms with Crippen molar-refractivity contribution in [2.24, 2.45) is 0 Å². The number of hydrogen-bond acceptors (Lipinski definition) is 3. The zero-order valence-electron chi connectivity index (χ0n) is 12.7. The summed E-state index contributed by atoms with van der Waals surface area (Å²) in [6, 6.07) is 14.6. The summed E-state index contributed by atoms with van der Waals surface area (Å²) in [5, 5.41) is 4.73. The Morgan fingerprint density at radius 3 is 2.71 bits per heavy atom. The molecule has 0 fully saturated rings. The molecule has 0 amide bonds. The van der Waals surface area contributed by atoms with Crippen molar-refractivity contribution in [2.75, 3.05) is 0 Å². The minimum Gasteiger partial charge on any atom is -0.465 e. The molecule has 0 aliphatic heterocycles. The second kappa shape index (κ2) is 5.70. The Balaban J connectivity index is 1.82. The van der Waals surface area contributed by atoms with Gasteiger partial charge in [0.25, 0.3) is 0 Å². The summed E-state index contributed by atoms with van der Waals surface area (Å²) in [5.41, 5.74) is 3.37. The summed E-state index contributed by atoms with van der Waals surface area (Å²) in [5.74, 6) is 1.92. The highest BCUT2D eigenvalue weighted by Gasteiger charge is 2.10. The predicted molar refractivity (Wildman–Crippen MR) is 85.2 cm³/mol. The molecule has 1 atom stereocenters. The van der Waals surface area contributed by atoms with Crippen LogP contribution < -0.4 is 5.32 Å². The van der Waals surface area contributed by atoms with Crippen molar-refractivity contribution >= 4 is 10.9 Å². The minimum absolute atomic E-state index is 0.186. The van der Waals surface area contributed by atoms with Gasteiger partial charge in [-0.05, 0) is 50.6 Å². The number of rotatable bonds is 4. The number of pyridine rings is 1. The number of para-hydroxylation sites is 1. The summed E-state index contributed by atoms with van der Waals surface area (Å²) in [6.45, 7) is 6.92. The van der Waals surface area contributed by atoms with E-state index < -0.39 is 0 Å². The Kier molecular flexibility index (Phi) is 3.76. The molecule has 0 radical (unpaired) electrons. The van der Waals surface area contributed by atoms with Gasteiger partial charge in [0, 0.05) is 17.6 Å². The molecule has 21 heavy (non-hydrogen) atoms. The number of hydrogen-bond donors (Lipinski definition) is 1. The maximum absolute atomic E-state index is 5.67. The van der Waals surface area contributed by atoms with E-state index in [1.165, 1.54) is 10.9 Å². The largest absolute Gasteiger partial charge is 0.465 e. The Morgan fingerprint density at radius 1 is 1.14 bits per heavy atom. The monoisotopic (exact) mass is 280 g/mol. The van der Waals surface area contributed by atoms with Crippen molar-refractivity contribution in [2.45, 2.75) is 33.4 Å². The van der Waals surface area contributed by atoms with Crippen molar-refractivity contribution in [1.29, 1.82) is 0 Å². The molecule has 0 aliphatic rings. The van der Waals surface area contributed by atoms with Gasteiger partial charge in [-0.15, -0.1) is 0 Å². The molecular weight excluding hydrogens is 260 g/mol. The third-order valence-electron chi connectivity index (χ3n) is 3.72. The molecule has 2 heterocycles. The smallest absolute Gasteiger partial charge is 0.120 e. The highest BCUT2D eigenvalue weighted by molar-refractivity contribution is 5.82. The highest BCUT2D eigenvalue weighted by atomic mass is 16.3. The maximum Gasteiger partial charge on any atom is 0.120 e. The summed E-state index contributed by atoms with van der Waals surface area (Å²) in [4.78, 5) is 4.58. The topological polar surface area (TPSA) is 38.1 Å². The first-order valence-electron chi connectivity index (χ1n) is 7.28. The minimum atomic E-state index is 0.186. The highest BCUT2D eigenvalue weighted by Crippen LogP contribution is 2.20. The fraction of sp³-hybridized carbons (Fsp3) is 0.278. The average molecular weight is 280 g/mol. The molecule has 1 aromatic carbocycles. The third kappa shape index (κ3) is 2.98. The van der Waals surface area contributed by atoms with E-state index in [-0.39, 0.29) is 6.04 Å². The number of aromatic nitrogens is 1. The summed E-state index contributed by atoms with van der Waals surface area (Å²) in [6.07, 6.45) is 0. The molecule has 0 bridgehead atoms.